The molecule has 318 valence electrons. The number of para-hydroxylation sites is 2. The van der Waals surface area contributed by atoms with Gasteiger partial charge in [-0.25, -0.2) is 0 Å². The first kappa shape index (κ1) is 47.6. The quantitative estimate of drug-likeness (QED) is 0.0426. The zero-order valence-electron chi connectivity index (χ0n) is 37.1. The molecule has 2 nitrogen and oxygen atoms in total. The molecule has 2 aromatic carbocycles. The second kappa shape index (κ2) is 31.8. The predicted octanol–water partition coefficient (Wildman–Crippen LogP) is 18.2. The van der Waals surface area contributed by atoms with Gasteiger partial charge in [-0.3, -0.25) is 0 Å². The molecule has 0 amide bonds. The van der Waals surface area contributed by atoms with Crippen molar-refractivity contribution in [3.8, 4) is 0 Å². The normalized spacial score (nSPS) is 13.6. The topological polar surface area (TPSA) is 7.12 Å². The predicted molar refractivity (Wildman–Crippen MR) is 258 cm³/mol. The molecule has 0 atom stereocenters. The number of allylic oxidation sites excluding steroid dienone is 2. The minimum atomic E-state index is 1.11. The molecular weight excluding hydrogens is 729 g/mol. The number of nitrogens with zero attached hydrogens (tertiary/aromatic N) is 2. The molecule has 4 heteroatoms. The van der Waals surface area contributed by atoms with Crippen molar-refractivity contribution in [1.82, 2.24) is 0 Å². The van der Waals surface area contributed by atoms with Gasteiger partial charge >= 0.3 is 0 Å². The van der Waals surface area contributed by atoms with Gasteiger partial charge in [0.1, 0.15) is 4.70 Å². The van der Waals surface area contributed by atoms with Gasteiger partial charge in [-0.15, -0.1) is 0 Å². The van der Waals surface area contributed by atoms with Gasteiger partial charge in [0.15, 0.2) is 6.54 Å². The van der Waals surface area contributed by atoms with E-state index in [0.717, 1.165) is 13.1 Å². The van der Waals surface area contributed by atoms with Crippen molar-refractivity contribution in [3.63, 3.8) is 0 Å². The average Bonchev–Trinajstić information content (AvgIpc) is 3.77. The van der Waals surface area contributed by atoms with Crippen molar-refractivity contribution >= 4 is 45.1 Å². The molecule has 0 radical (unpaired) electrons. The molecule has 1 aromatic heterocycles. The molecule has 0 bridgehead atoms. The van der Waals surface area contributed by atoms with Gasteiger partial charge in [0, 0.05) is 30.0 Å². The molecule has 0 spiro atoms. The summed E-state index contributed by atoms with van der Waals surface area (Å²) in [5.41, 5.74) is 2.78. The van der Waals surface area contributed by atoms with Crippen LogP contribution in [-0.2, 0) is 6.54 Å². The van der Waals surface area contributed by atoms with Crippen molar-refractivity contribution < 1.29 is 4.57 Å². The number of fused-ring (bicyclic) bond motifs is 2. The molecule has 0 saturated carbocycles. The maximum Gasteiger partial charge on any atom is 0.262 e. The number of thioether (sulfide) groups is 1. The summed E-state index contributed by atoms with van der Waals surface area (Å²) in [6, 6.07) is 18.0. The fourth-order valence-electron chi connectivity index (χ4n) is 8.66. The van der Waals surface area contributed by atoms with Crippen LogP contribution in [0, 0.1) is 0 Å². The van der Waals surface area contributed by atoms with Crippen molar-refractivity contribution in [2.24, 2.45) is 0 Å². The fourth-order valence-corrected chi connectivity index (χ4v) is 10.9. The largest absolute Gasteiger partial charge is 0.335 e. The van der Waals surface area contributed by atoms with Gasteiger partial charge in [-0.1, -0.05) is 253 Å². The van der Waals surface area contributed by atoms with E-state index in [1.54, 1.807) is 0 Å². The van der Waals surface area contributed by atoms with Gasteiger partial charge in [-0.05, 0) is 37.1 Å². The highest BCUT2D eigenvalue weighted by atomic mass is 32.2. The Morgan fingerprint density at radius 3 is 1.46 bits per heavy atom. The van der Waals surface area contributed by atoms with Crippen LogP contribution < -0.4 is 9.47 Å². The Hall–Kier alpha value is -2.04. The summed E-state index contributed by atoms with van der Waals surface area (Å²) in [5, 5.41) is 2.75. The highest BCUT2D eigenvalue weighted by molar-refractivity contribution is 8.03. The molecule has 1 aliphatic heterocycles. The van der Waals surface area contributed by atoms with E-state index in [1.807, 2.05) is 23.1 Å². The molecule has 1 aliphatic rings. The summed E-state index contributed by atoms with van der Waals surface area (Å²) in [4.78, 5) is 3.98. The molecule has 0 saturated heterocycles. The molecule has 0 fully saturated rings. The monoisotopic (exact) mass is 814 g/mol. The van der Waals surface area contributed by atoms with Crippen molar-refractivity contribution in [2.75, 3.05) is 11.4 Å². The lowest BCUT2D eigenvalue weighted by atomic mass is 10.0. The van der Waals surface area contributed by atoms with E-state index >= 15 is 0 Å². The lowest BCUT2D eigenvalue weighted by molar-refractivity contribution is -0.669. The number of hydrogen-bond acceptors (Lipinski definition) is 3. The third-order valence-electron chi connectivity index (χ3n) is 12.2. The second-order valence-corrected chi connectivity index (χ2v) is 19.4. The molecular formula is C53H85N2S2+. The third-order valence-corrected chi connectivity index (χ3v) is 14.5. The van der Waals surface area contributed by atoms with E-state index in [2.05, 4.69) is 90.1 Å². The van der Waals surface area contributed by atoms with E-state index in [4.69, 9.17) is 0 Å². The van der Waals surface area contributed by atoms with Crippen LogP contribution in [0.2, 0.25) is 0 Å². The smallest absolute Gasteiger partial charge is 0.262 e. The van der Waals surface area contributed by atoms with Gasteiger partial charge in [-0.2, -0.15) is 4.57 Å². The summed E-state index contributed by atoms with van der Waals surface area (Å²) in [5.74, 6) is 0. The van der Waals surface area contributed by atoms with Crippen molar-refractivity contribution in [3.05, 3.63) is 70.7 Å². The van der Waals surface area contributed by atoms with Crippen LogP contribution in [0.15, 0.2) is 70.6 Å². The molecule has 0 N–H and O–H groups in total. The summed E-state index contributed by atoms with van der Waals surface area (Å²) in [6.07, 6.45) is 52.4. The Morgan fingerprint density at radius 1 is 0.491 bits per heavy atom. The van der Waals surface area contributed by atoms with Crippen molar-refractivity contribution in [2.45, 2.75) is 231 Å². The van der Waals surface area contributed by atoms with Crippen LogP contribution in [0.5, 0.6) is 0 Å². The van der Waals surface area contributed by atoms with E-state index in [0.29, 0.717) is 0 Å². The SMILES string of the molecule is CCCCCCCCCCCCCCCCCCCCCC[n+]1c(/C=C/C=C2\Sc3ccccc3N2CCCCCCCCCCCCCC)sc2ccccc21. The third kappa shape index (κ3) is 19.7. The van der Waals surface area contributed by atoms with Crippen LogP contribution >= 0.6 is 23.1 Å². The summed E-state index contributed by atoms with van der Waals surface area (Å²) < 4.78 is 3.99. The number of aryl methyl sites for hydroxylation is 1. The summed E-state index contributed by atoms with van der Waals surface area (Å²) in [7, 11) is 0. The summed E-state index contributed by atoms with van der Waals surface area (Å²) >= 11 is 3.88. The zero-order chi connectivity index (χ0) is 39.9. The van der Waals surface area contributed by atoms with Crippen LogP contribution in [0.4, 0.5) is 5.69 Å². The van der Waals surface area contributed by atoms with Crippen molar-refractivity contribution in [1.29, 1.82) is 0 Å². The molecule has 0 aliphatic carbocycles. The summed E-state index contributed by atoms with van der Waals surface area (Å²) in [6.45, 7) is 6.85. The Bertz CT molecular complexity index is 1490. The molecule has 2 heterocycles. The highest BCUT2D eigenvalue weighted by Gasteiger charge is 2.24. The lowest BCUT2D eigenvalue weighted by Gasteiger charge is -2.20. The van der Waals surface area contributed by atoms with Gasteiger partial charge in [0.2, 0.25) is 5.52 Å². The van der Waals surface area contributed by atoms with E-state index in [9.17, 15) is 0 Å². The second-order valence-electron chi connectivity index (χ2n) is 17.3. The van der Waals surface area contributed by atoms with Crippen LogP contribution in [0.25, 0.3) is 16.3 Å². The number of rotatable bonds is 36. The van der Waals surface area contributed by atoms with E-state index in [1.165, 1.54) is 236 Å². The number of hydrogen-bond donors (Lipinski definition) is 0. The molecule has 3 aromatic rings. The number of benzene rings is 2. The average molecular weight is 814 g/mol. The van der Waals surface area contributed by atoms with Crippen LogP contribution in [0.3, 0.4) is 0 Å². The maximum atomic E-state index is 2.59. The van der Waals surface area contributed by atoms with Gasteiger partial charge in [0.05, 0.1) is 10.7 Å². The molecule has 57 heavy (non-hydrogen) atoms. The number of aromatic nitrogens is 1. The maximum absolute atomic E-state index is 2.59. The van der Waals surface area contributed by atoms with Gasteiger partial charge in [0.25, 0.3) is 5.01 Å². The zero-order valence-corrected chi connectivity index (χ0v) is 38.7. The first-order valence-corrected chi connectivity index (χ1v) is 26.3. The fraction of sp³-hybridized carbons (Fsp3) is 0.679. The van der Waals surface area contributed by atoms with E-state index < -0.39 is 0 Å². The van der Waals surface area contributed by atoms with Gasteiger partial charge < -0.3 is 4.90 Å². The first-order chi connectivity index (χ1) is 28.3. The molecule has 4 rings (SSSR count). The Kier molecular flexibility index (Phi) is 26.6. The van der Waals surface area contributed by atoms with E-state index in [-0.39, 0.29) is 0 Å². The van der Waals surface area contributed by atoms with Crippen LogP contribution in [-0.4, -0.2) is 6.54 Å². The standard InChI is InChI=1S/C53H85N2S2/c1-3-5-7-9-11-13-15-17-18-19-20-21-22-23-24-26-28-30-32-38-47-55-49-41-34-36-43-51(49)57-53(55)45-39-44-52-54(48-40-33-35-42-50(48)56-52)46-37-31-29-27-25-16-14-12-10-8-6-4-2/h33-36,39-45H,3-32,37-38,46-47H2,1-2H3/q+1. The Morgan fingerprint density at radius 2 is 0.930 bits per heavy atom. The Labute approximate surface area is 360 Å². The molecule has 0 unspecified atom stereocenters. The number of thiazole rings is 1. The minimum Gasteiger partial charge on any atom is -0.335 e. The first-order valence-electron chi connectivity index (χ1n) is 24.7. The number of anilines is 1. The highest BCUT2D eigenvalue weighted by Crippen LogP contribution is 2.46. The lowest BCUT2D eigenvalue weighted by Crippen LogP contribution is -2.34. The van der Waals surface area contributed by atoms with Crippen LogP contribution in [0.1, 0.15) is 224 Å². The minimum absolute atomic E-state index is 1.11. The Balaban J connectivity index is 1.11. The number of unbranched alkanes of at least 4 members (excludes halogenated alkanes) is 30.